The number of halogens is 1. The van der Waals surface area contributed by atoms with Crippen molar-refractivity contribution in [1.29, 1.82) is 0 Å². The summed E-state index contributed by atoms with van der Waals surface area (Å²) in [5.74, 6) is -0.131. The summed E-state index contributed by atoms with van der Waals surface area (Å²) in [5.41, 5.74) is 2.40. The first-order chi connectivity index (χ1) is 11.2. The Morgan fingerprint density at radius 2 is 1.83 bits per heavy atom. The number of likely N-dealkylation sites (tertiary alicyclic amines) is 1. The molecule has 0 aliphatic carbocycles. The van der Waals surface area contributed by atoms with E-state index in [9.17, 15) is 4.79 Å². The number of hydrogen-bond acceptors (Lipinski definition) is 3. The molecule has 1 aliphatic heterocycles. The predicted octanol–water partition coefficient (Wildman–Crippen LogP) is 3.73. The van der Waals surface area contributed by atoms with E-state index in [0.29, 0.717) is 5.02 Å². The monoisotopic (exact) mass is 329 g/mol. The summed E-state index contributed by atoms with van der Waals surface area (Å²) < 4.78 is 5.02. The molecule has 0 saturated carbocycles. The number of hydrogen-bond donors (Lipinski definition) is 0. The summed E-state index contributed by atoms with van der Waals surface area (Å²) >= 11 is 5.98. The van der Waals surface area contributed by atoms with Gasteiger partial charge in [-0.1, -0.05) is 54.1 Å². The Morgan fingerprint density at radius 3 is 2.48 bits per heavy atom. The lowest BCUT2D eigenvalue weighted by Gasteiger charge is -2.17. The highest BCUT2D eigenvalue weighted by Gasteiger charge is 2.39. The van der Waals surface area contributed by atoms with Gasteiger partial charge in [-0.2, -0.15) is 0 Å². The number of esters is 1. The Morgan fingerprint density at radius 1 is 1.13 bits per heavy atom. The molecule has 23 heavy (non-hydrogen) atoms. The lowest BCUT2D eigenvalue weighted by atomic mass is 9.89. The Kier molecular flexibility index (Phi) is 4.99. The van der Waals surface area contributed by atoms with Crippen LogP contribution in [0, 0.1) is 5.92 Å². The average Bonchev–Trinajstić information content (AvgIpc) is 2.99. The van der Waals surface area contributed by atoms with Gasteiger partial charge in [0.15, 0.2) is 0 Å². The number of nitrogens with zero attached hydrogens (tertiary/aromatic N) is 1. The van der Waals surface area contributed by atoms with Gasteiger partial charge in [0.2, 0.25) is 0 Å². The zero-order valence-corrected chi connectivity index (χ0v) is 13.9. The molecule has 1 saturated heterocycles. The Labute approximate surface area is 141 Å². The maximum absolute atomic E-state index is 12.2. The van der Waals surface area contributed by atoms with Gasteiger partial charge in [-0.15, -0.1) is 0 Å². The maximum Gasteiger partial charge on any atom is 0.310 e. The van der Waals surface area contributed by atoms with Crippen LogP contribution in [0.3, 0.4) is 0 Å². The van der Waals surface area contributed by atoms with Crippen molar-refractivity contribution < 1.29 is 9.53 Å². The lowest BCUT2D eigenvalue weighted by Crippen LogP contribution is -2.24. The molecule has 4 heteroatoms. The third-order valence-electron chi connectivity index (χ3n) is 4.45. The minimum absolute atomic E-state index is 0.134. The molecule has 2 atom stereocenters. The Balaban J connectivity index is 1.79. The first-order valence-electron chi connectivity index (χ1n) is 7.77. The molecule has 1 aliphatic rings. The molecule has 2 aromatic rings. The van der Waals surface area contributed by atoms with Gasteiger partial charge in [0.1, 0.15) is 0 Å². The van der Waals surface area contributed by atoms with E-state index in [-0.39, 0.29) is 17.8 Å². The molecule has 3 nitrogen and oxygen atoms in total. The molecule has 0 radical (unpaired) electrons. The summed E-state index contributed by atoms with van der Waals surface area (Å²) in [7, 11) is 1.46. The van der Waals surface area contributed by atoms with E-state index in [1.54, 1.807) is 0 Å². The topological polar surface area (TPSA) is 29.5 Å². The van der Waals surface area contributed by atoms with Crippen LogP contribution in [0.5, 0.6) is 0 Å². The van der Waals surface area contributed by atoms with Gasteiger partial charge < -0.3 is 4.74 Å². The molecule has 0 N–H and O–H groups in total. The number of carbonyl (C=O) groups is 1. The fraction of sp³-hybridized carbons (Fsp3) is 0.316. The first kappa shape index (κ1) is 16.0. The summed E-state index contributed by atoms with van der Waals surface area (Å²) in [5, 5.41) is 0.711. The van der Waals surface area contributed by atoms with Crippen molar-refractivity contribution in [2.75, 3.05) is 20.2 Å². The molecule has 2 aromatic carbocycles. The van der Waals surface area contributed by atoms with Crippen molar-refractivity contribution in [3.63, 3.8) is 0 Å². The number of methoxy groups -OCH3 is 1. The standard InChI is InChI=1S/C19H20ClNO2/c1-23-19(22)18-13-21(11-14-5-3-2-4-6-14)12-17(18)15-7-9-16(20)10-8-15/h2-10,17-18H,11-13H2,1H3/t17-,18?/m1/s1. The molecule has 1 heterocycles. The lowest BCUT2D eigenvalue weighted by molar-refractivity contribution is -0.145. The fourth-order valence-electron chi connectivity index (χ4n) is 3.29. The summed E-state index contributed by atoms with van der Waals surface area (Å²) in [4.78, 5) is 14.5. The molecule has 0 spiro atoms. The molecular formula is C19H20ClNO2. The smallest absolute Gasteiger partial charge is 0.310 e. The maximum atomic E-state index is 12.2. The molecule has 0 bridgehead atoms. The van der Waals surface area contributed by atoms with Gasteiger partial charge in [-0.05, 0) is 23.3 Å². The van der Waals surface area contributed by atoms with E-state index in [2.05, 4.69) is 17.0 Å². The molecule has 1 unspecified atom stereocenters. The van der Waals surface area contributed by atoms with Gasteiger partial charge >= 0.3 is 5.97 Å². The van der Waals surface area contributed by atoms with Gasteiger partial charge in [-0.3, -0.25) is 9.69 Å². The third kappa shape index (κ3) is 3.74. The van der Waals surface area contributed by atoms with E-state index in [0.717, 1.165) is 25.2 Å². The largest absolute Gasteiger partial charge is 0.469 e. The summed E-state index contributed by atoms with van der Waals surface area (Å²) in [6.07, 6.45) is 0. The van der Waals surface area contributed by atoms with Crippen molar-refractivity contribution >= 4 is 17.6 Å². The highest BCUT2D eigenvalue weighted by Crippen LogP contribution is 2.34. The van der Waals surface area contributed by atoms with E-state index in [1.165, 1.54) is 12.7 Å². The van der Waals surface area contributed by atoms with Crippen LogP contribution in [-0.4, -0.2) is 31.1 Å². The second kappa shape index (κ2) is 7.16. The second-order valence-corrected chi connectivity index (χ2v) is 6.40. The third-order valence-corrected chi connectivity index (χ3v) is 4.70. The van der Waals surface area contributed by atoms with Crippen LogP contribution in [0.2, 0.25) is 5.02 Å². The van der Waals surface area contributed by atoms with Crippen molar-refractivity contribution in [3.05, 3.63) is 70.7 Å². The van der Waals surface area contributed by atoms with Crippen LogP contribution in [0.25, 0.3) is 0 Å². The molecule has 3 rings (SSSR count). The van der Waals surface area contributed by atoms with Gasteiger partial charge in [0.25, 0.3) is 0 Å². The molecule has 0 amide bonds. The summed E-state index contributed by atoms with van der Waals surface area (Å²) in [6.45, 7) is 2.41. The van der Waals surface area contributed by atoms with Crippen molar-refractivity contribution in [1.82, 2.24) is 4.90 Å². The Hall–Kier alpha value is -1.84. The molecule has 1 fully saturated rings. The van der Waals surface area contributed by atoms with Crippen LogP contribution in [0.15, 0.2) is 54.6 Å². The predicted molar refractivity (Wildman–Crippen MR) is 91.4 cm³/mol. The number of ether oxygens (including phenoxy) is 1. The van der Waals surface area contributed by atoms with E-state index in [1.807, 2.05) is 42.5 Å². The summed E-state index contributed by atoms with van der Waals surface area (Å²) in [6, 6.07) is 18.1. The minimum Gasteiger partial charge on any atom is -0.469 e. The second-order valence-electron chi connectivity index (χ2n) is 5.97. The van der Waals surface area contributed by atoms with Crippen LogP contribution in [0.1, 0.15) is 17.0 Å². The fourth-order valence-corrected chi connectivity index (χ4v) is 3.42. The minimum atomic E-state index is -0.138. The van der Waals surface area contributed by atoms with Crippen molar-refractivity contribution in [3.8, 4) is 0 Å². The van der Waals surface area contributed by atoms with Crippen LogP contribution < -0.4 is 0 Å². The van der Waals surface area contributed by atoms with Gasteiger partial charge in [-0.25, -0.2) is 0 Å². The first-order valence-corrected chi connectivity index (χ1v) is 8.14. The highest BCUT2D eigenvalue weighted by molar-refractivity contribution is 6.30. The SMILES string of the molecule is COC(=O)C1CN(Cc2ccccc2)C[C@@H]1c1ccc(Cl)cc1. The van der Waals surface area contributed by atoms with E-state index in [4.69, 9.17) is 16.3 Å². The van der Waals surface area contributed by atoms with Crippen LogP contribution >= 0.6 is 11.6 Å². The van der Waals surface area contributed by atoms with Crippen molar-refractivity contribution in [2.24, 2.45) is 5.92 Å². The van der Waals surface area contributed by atoms with E-state index < -0.39 is 0 Å². The average molecular weight is 330 g/mol. The number of rotatable bonds is 4. The highest BCUT2D eigenvalue weighted by atomic mass is 35.5. The Bertz CT molecular complexity index is 657. The molecule has 120 valence electrons. The normalized spacial score (nSPS) is 21.3. The van der Waals surface area contributed by atoms with Crippen LogP contribution in [0.4, 0.5) is 0 Å². The quantitative estimate of drug-likeness (QED) is 0.800. The number of carbonyl (C=O) groups excluding carboxylic acids is 1. The van der Waals surface area contributed by atoms with Gasteiger partial charge in [0, 0.05) is 30.6 Å². The molecular weight excluding hydrogens is 310 g/mol. The van der Waals surface area contributed by atoms with Gasteiger partial charge in [0.05, 0.1) is 13.0 Å². The van der Waals surface area contributed by atoms with E-state index >= 15 is 0 Å². The zero-order chi connectivity index (χ0) is 16.2. The van der Waals surface area contributed by atoms with Crippen molar-refractivity contribution in [2.45, 2.75) is 12.5 Å². The zero-order valence-electron chi connectivity index (χ0n) is 13.1. The molecule has 0 aromatic heterocycles. The number of benzene rings is 2. The van der Waals surface area contributed by atoms with Crippen LogP contribution in [-0.2, 0) is 16.1 Å².